The average Bonchev–Trinajstić information content (AvgIpc) is 2.50. The molecule has 0 aromatic rings. The topological polar surface area (TPSA) is 26.3 Å². The van der Waals surface area contributed by atoms with Crippen LogP contribution in [0.15, 0.2) is 36.5 Å². The molecule has 0 rings (SSSR count). The second-order valence-electron chi connectivity index (χ2n) is 5.18. The lowest BCUT2D eigenvalue weighted by Gasteiger charge is -1.99. The number of esters is 1. The Balaban J connectivity index is 3.25. The summed E-state index contributed by atoms with van der Waals surface area (Å²) in [5, 5.41) is 0. The molecule has 0 aliphatic heterocycles. The van der Waals surface area contributed by atoms with Gasteiger partial charge in [-0.25, -0.2) is 0 Å². The van der Waals surface area contributed by atoms with Crippen LogP contribution < -0.4 is 0 Å². The maximum atomic E-state index is 10.9. The molecule has 0 aliphatic rings. The van der Waals surface area contributed by atoms with Crippen LogP contribution in [-0.2, 0) is 9.53 Å². The second-order valence-corrected chi connectivity index (χ2v) is 5.18. The van der Waals surface area contributed by atoms with Gasteiger partial charge in [0.25, 0.3) is 0 Å². The van der Waals surface area contributed by atoms with Crippen LogP contribution in [0.1, 0.15) is 71.1 Å². The molecule has 0 unspecified atom stereocenters. The number of carbonyl (C=O) groups excluding carboxylic acids is 1. The largest absolute Gasteiger partial charge is 0.469 e. The highest BCUT2D eigenvalue weighted by Gasteiger charge is 1.98. The fourth-order valence-corrected chi connectivity index (χ4v) is 1.99. The second kappa shape index (κ2) is 16.7. The normalized spacial score (nSPS) is 11.9. The van der Waals surface area contributed by atoms with E-state index in [1.165, 1.54) is 32.8 Å². The third kappa shape index (κ3) is 16.6. The van der Waals surface area contributed by atoms with Gasteiger partial charge in [0.05, 0.1) is 7.11 Å². The van der Waals surface area contributed by atoms with Crippen molar-refractivity contribution in [1.29, 1.82) is 0 Å². The monoisotopic (exact) mass is 292 g/mol. The Bertz CT molecular complexity index is 314. The van der Waals surface area contributed by atoms with Crippen LogP contribution in [0.3, 0.4) is 0 Å². The number of hydrogen-bond donors (Lipinski definition) is 0. The molecule has 0 aliphatic carbocycles. The Morgan fingerprint density at radius 2 is 1.38 bits per heavy atom. The number of hydrogen-bond acceptors (Lipinski definition) is 2. The van der Waals surface area contributed by atoms with Crippen LogP contribution in [0, 0.1) is 0 Å². The lowest BCUT2D eigenvalue weighted by molar-refractivity contribution is -0.140. The first-order valence-corrected chi connectivity index (χ1v) is 8.33. The maximum absolute atomic E-state index is 10.9. The van der Waals surface area contributed by atoms with Crippen LogP contribution in [0.25, 0.3) is 0 Å². The summed E-state index contributed by atoms with van der Waals surface area (Å²) in [4.78, 5) is 10.9. The zero-order chi connectivity index (χ0) is 15.6. The molecule has 0 aromatic carbocycles. The van der Waals surface area contributed by atoms with E-state index in [1.54, 1.807) is 0 Å². The lowest BCUT2D eigenvalue weighted by Crippen LogP contribution is -1.98. The minimum atomic E-state index is -0.0869. The Morgan fingerprint density at radius 1 is 0.810 bits per heavy atom. The van der Waals surface area contributed by atoms with Crippen molar-refractivity contribution in [3.05, 3.63) is 36.5 Å². The van der Waals surface area contributed by atoms with E-state index in [0.717, 1.165) is 32.1 Å². The Morgan fingerprint density at radius 3 is 2.05 bits per heavy atom. The van der Waals surface area contributed by atoms with Crippen LogP contribution in [0.2, 0.25) is 0 Å². The van der Waals surface area contributed by atoms with Gasteiger partial charge in [-0.15, -0.1) is 0 Å². The van der Waals surface area contributed by atoms with E-state index in [2.05, 4.69) is 48.1 Å². The molecule has 0 heterocycles. The number of carbonyl (C=O) groups is 1. The van der Waals surface area contributed by atoms with Gasteiger partial charge >= 0.3 is 5.97 Å². The quantitative estimate of drug-likeness (QED) is 0.245. The summed E-state index contributed by atoms with van der Waals surface area (Å²) in [6.07, 6.45) is 24.1. The lowest BCUT2D eigenvalue weighted by atomic mass is 10.1. The summed E-state index contributed by atoms with van der Waals surface area (Å²) in [5.41, 5.74) is 0. The summed E-state index contributed by atoms with van der Waals surface area (Å²) in [6, 6.07) is 0. The van der Waals surface area contributed by atoms with Gasteiger partial charge in [-0.3, -0.25) is 4.79 Å². The Labute approximate surface area is 131 Å². The van der Waals surface area contributed by atoms with Gasteiger partial charge in [-0.2, -0.15) is 0 Å². The summed E-state index contributed by atoms with van der Waals surface area (Å²) in [6.45, 7) is 2.15. The van der Waals surface area contributed by atoms with E-state index >= 15 is 0 Å². The first-order chi connectivity index (χ1) is 10.3. The average molecular weight is 292 g/mol. The van der Waals surface area contributed by atoms with Crippen molar-refractivity contribution in [2.45, 2.75) is 71.1 Å². The molecule has 21 heavy (non-hydrogen) atoms. The molecule has 0 atom stereocenters. The number of methoxy groups -OCH3 is 1. The fourth-order valence-electron chi connectivity index (χ4n) is 1.99. The van der Waals surface area contributed by atoms with E-state index < -0.39 is 0 Å². The molecule has 0 saturated heterocycles. The highest BCUT2D eigenvalue weighted by molar-refractivity contribution is 5.68. The molecule has 0 bridgehead atoms. The van der Waals surface area contributed by atoms with Crippen molar-refractivity contribution in [3.8, 4) is 0 Å². The maximum Gasteiger partial charge on any atom is 0.305 e. The van der Waals surface area contributed by atoms with E-state index in [4.69, 9.17) is 0 Å². The molecule has 0 radical (unpaired) electrons. The van der Waals surface area contributed by atoms with Gasteiger partial charge in [0, 0.05) is 6.42 Å². The molecule has 2 nitrogen and oxygen atoms in total. The van der Waals surface area contributed by atoms with Gasteiger partial charge in [0.2, 0.25) is 0 Å². The molecule has 0 N–H and O–H groups in total. The van der Waals surface area contributed by atoms with Crippen LogP contribution >= 0.6 is 0 Å². The number of ether oxygens (including phenoxy) is 1. The zero-order valence-electron chi connectivity index (χ0n) is 13.9. The minimum Gasteiger partial charge on any atom is -0.469 e. The molecule has 0 aromatic heterocycles. The summed E-state index contributed by atoms with van der Waals surface area (Å²) >= 11 is 0. The van der Waals surface area contributed by atoms with Gasteiger partial charge < -0.3 is 4.74 Å². The fraction of sp³-hybridized carbons (Fsp3) is 0.632. The molecule has 120 valence electrons. The van der Waals surface area contributed by atoms with Gasteiger partial charge in [-0.05, 0) is 38.5 Å². The first kappa shape index (κ1) is 19.7. The van der Waals surface area contributed by atoms with E-state index in [-0.39, 0.29) is 5.97 Å². The Hall–Kier alpha value is -1.31. The molecular formula is C19H32O2. The van der Waals surface area contributed by atoms with Crippen molar-refractivity contribution in [2.24, 2.45) is 0 Å². The third-order valence-corrected chi connectivity index (χ3v) is 3.26. The molecular weight excluding hydrogens is 260 g/mol. The smallest absolute Gasteiger partial charge is 0.305 e. The summed E-state index contributed by atoms with van der Waals surface area (Å²) < 4.78 is 4.61. The van der Waals surface area contributed by atoms with Crippen molar-refractivity contribution in [3.63, 3.8) is 0 Å². The van der Waals surface area contributed by atoms with E-state index in [9.17, 15) is 4.79 Å². The molecule has 0 saturated carbocycles. The van der Waals surface area contributed by atoms with Crippen molar-refractivity contribution in [1.82, 2.24) is 0 Å². The Kier molecular flexibility index (Phi) is 15.7. The predicted molar refractivity (Wildman–Crippen MR) is 91.3 cm³/mol. The van der Waals surface area contributed by atoms with Crippen LogP contribution in [0.5, 0.6) is 0 Å². The van der Waals surface area contributed by atoms with Crippen LogP contribution in [0.4, 0.5) is 0 Å². The summed E-state index contributed by atoms with van der Waals surface area (Å²) in [7, 11) is 1.45. The third-order valence-electron chi connectivity index (χ3n) is 3.26. The minimum absolute atomic E-state index is 0.0869. The predicted octanol–water partition coefficient (Wildman–Crippen LogP) is 5.75. The summed E-state index contributed by atoms with van der Waals surface area (Å²) in [5.74, 6) is -0.0869. The molecule has 2 heteroatoms. The van der Waals surface area contributed by atoms with Gasteiger partial charge in [0.1, 0.15) is 0 Å². The SMILES string of the molecule is CC/C=C/C/C=C\C/C=C/CCCCCCCC(=O)OC. The van der Waals surface area contributed by atoms with Crippen molar-refractivity contribution < 1.29 is 9.53 Å². The van der Waals surface area contributed by atoms with E-state index in [1.807, 2.05) is 0 Å². The van der Waals surface area contributed by atoms with Crippen LogP contribution in [-0.4, -0.2) is 13.1 Å². The van der Waals surface area contributed by atoms with Gasteiger partial charge in [0.15, 0.2) is 0 Å². The first-order valence-electron chi connectivity index (χ1n) is 8.33. The highest BCUT2D eigenvalue weighted by atomic mass is 16.5. The van der Waals surface area contributed by atoms with E-state index in [0.29, 0.717) is 6.42 Å². The number of allylic oxidation sites excluding steroid dienone is 6. The standard InChI is InChI=1S/C19H32O2/c1-3-4-5-6-7-8-9-10-11-12-13-14-15-16-17-18-19(20)21-2/h4-5,7-8,10-11H,3,6,9,12-18H2,1-2H3/b5-4+,8-7-,11-10+. The zero-order valence-corrected chi connectivity index (χ0v) is 13.9. The van der Waals surface area contributed by atoms with Crippen molar-refractivity contribution >= 4 is 5.97 Å². The number of rotatable bonds is 13. The molecule has 0 spiro atoms. The highest BCUT2D eigenvalue weighted by Crippen LogP contribution is 2.08. The molecule has 0 amide bonds. The molecule has 0 fully saturated rings. The number of unbranched alkanes of at least 4 members (excludes halogenated alkanes) is 5. The van der Waals surface area contributed by atoms with Crippen molar-refractivity contribution in [2.75, 3.05) is 7.11 Å². The van der Waals surface area contributed by atoms with Gasteiger partial charge in [-0.1, -0.05) is 62.6 Å².